The molecule has 0 radical (unpaired) electrons. The summed E-state index contributed by atoms with van der Waals surface area (Å²) in [5.41, 5.74) is 1.90. The van der Waals surface area contributed by atoms with Crippen molar-refractivity contribution in [2.45, 2.75) is 13.8 Å². The average molecular weight is 432 g/mol. The predicted octanol–water partition coefficient (Wildman–Crippen LogP) is 4.01. The maximum Gasteiger partial charge on any atom is 0.267 e. The molecule has 158 valence electrons. The van der Waals surface area contributed by atoms with Crippen molar-refractivity contribution in [3.05, 3.63) is 82.7 Å². The van der Waals surface area contributed by atoms with Crippen molar-refractivity contribution in [2.75, 3.05) is 4.90 Å². The van der Waals surface area contributed by atoms with Gasteiger partial charge in [0.05, 0.1) is 33.6 Å². The molecular weight excluding hydrogens is 418 g/mol. The van der Waals surface area contributed by atoms with Gasteiger partial charge in [-0.05, 0) is 50.2 Å². The summed E-state index contributed by atoms with van der Waals surface area (Å²) < 4.78 is 28.4. The van der Waals surface area contributed by atoms with Gasteiger partial charge in [-0.15, -0.1) is 0 Å². The van der Waals surface area contributed by atoms with Crippen molar-refractivity contribution in [1.82, 2.24) is 14.8 Å². The monoisotopic (exact) mass is 432 g/mol. The first kappa shape index (κ1) is 19.7. The molecule has 0 saturated heterocycles. The molecule has 2 aromatic heterocycles. The first-order valence-corrected chi connectivity index (χ1v) is 9.61. The molecule has 9 heteroatoms. The van der Waals surface area contributed by atoms with E-state index in [4.69, 9.17) is 0 Å². The number of fused-ring (bicyclic) bond motifs is 3. The Labute approximate surface area is 179 Å². The van der Waals surface area contributed by atoms with Gasteiger partial charge in [-0.2, -0.15) is 5.10 Å². The quantitative estimate of drug-likeness (QED) is 0.361. The second-order valence-electron chi connectivity index (χ2n) is 7.39. The van der Waals surface area contributed by atoms with E-state index >= 15 is 0 Å². The van der Waals surface area contributed by atoms with Gasteiger partial charge in [-0.1, -0.05) is 0 Å². The zero-order chi connectivity index (χ0) is 22.7. The summed E-state index contributed by atoms with van der Waals surface area (Å²) in [4.78, 5) is 43.1. The number of rotatable bonds is 3. The van der Waals surface area contributed by atoms with E-state index in [1.807, 2.05) is 0 Å². The van der Waals surface area contributed by atoms with Crippen LogP contribution in [0.1, 0.15) is 43.7 Å². The molecule has 0 aliphatic carbocycles. The number of pyridine rings is 1. The van der Waals surface area contributed by atoms with Gasteiger partial charge in [0.2, 0.25) is 0 Å². The number of aromatic nitrogens is 3. The zero-order valence-corrected chi connectivity index (χ0v) is 16.9. The zero-order valence-electron chi connectivity index (χ0n) is 16.9. The summed E-state index contributed by atoms with van der Waals surface area (Å²) in [7, 11) is 0. The molecule has 0 saturated carbocycles. The van der Waals surface area contributed by atoms with Gasteiger partial charge in [0.1, 0.15) is 0 Å². The normalized spacial score (nSPS) is 13.2. The lowest BCUT2D eigenvalue weighted by Gasteiger charge is -2.14. The van der Waals surface area contributed by atoms with E-state index in [2.05, 4.69) is 10.1 Å². The molecule has 0 N–H and O–H groups in total. The Kier molecular flexibility index (Phi) is 4.23. The third-order valence-electron chi connectivity index (χ3n) is 5.40. The van der Waals surface area contributed by atoms with Crippen LogP contribution in [0.4, 0.5) is 14.5 Å². The third kappa shape index (κ3) is 2.74. The van der Waals surface area contributed by atoms with E-state index in [-0.39, 0.29) is 28.2 Å². The first-order valence-electron chi connectivity index (χ1n) is 9.61. The van der Waals surface area contributed by atoms with Crippen LogP contribution in [-0.2, 0) is 0 Å². The van der Waals surface area contributed by atoms with Gasteiger partial charge in [-0.3, -0.25) is 14.4 Å². The molecule has 3 heterocycles. The number of halogens is 2. The Morgan fingerprint density at radius 1 is 0.938 bits per heavy atom. The number of ketones is 1. The molecule has 0 bridgehead atoms. The van der Waals surface area contributed by atoms with Gasteiger partial charge in [-0.25, -0.2) is 23.3 Å². The van der Waals surface area contributed by atoms with Crippen molar-refractivity contribution in [2.24, 2.45) is 0 Å². The Balaban J connectivity index is 1.66. The van der Waals surface area contributed by atoms with Gasteiger partial charge < -0.3 is 0 Å². The van der Waals surface area contributed by atoms with Gasteiger partial charge in [0, 0.05) is 17.8 Å². The molecular formula is C23H14F2N4O3. The molecule has 0 atom stereocenters. The summed E-state index contributed by atoms with van der Waals surface area (Å²) in [6.45, 7) is 3.07. The number of carbonyl (C=O) groups is 3. The lowest BCUT2D eigenvalue weighted by molar-refractivity contribution is 0.0925. The smallest absolute Gasteiger partial charge is 0.267 e. The van der Waals surface area contributed by atoms with E-state index in [1.165, 1.54) is 36.0 Å². The molecule has 0 fully saturated rings. The van der Waals surface area contributed by atoms with Crippen molar-refractivity contribution in [1.29, 1.82) is 0 Å². The number of carbonyl (C=O) groups excluding carboxylic acids is 3. The summed E-state index contributed by atoms with van der Waals surface area (Å²) in [6, 6.07) is 9.44. The molecule has 32 heavy (non-hydrogen) atoms. The molecule has 5 rings (SSSR count). The van der Waals surface area contributed by atoms with E-state index < -0.39 is 23.4 Å². The summed E-state index contributed by atoms with van der Waals surface area (Å²) in [5, 5.41) is 4.70. The number of nitrogens with zero attached hydrogens (tertiary/aromatic N) is 4. The maximum absolute atomic E-state index is 13.8. The molecule has 0 spiro atoms. The van der Waals surface area contributed by atoms with Crippen LogP contribution in [0.25, 0.3) is 16.7 Å². The number of hydrogen-bond donors (Lipinski definition) is 0. The fraction of sp³-hybridized carbons (Fsp3) is 0.0870. The van der Waals surface area contributed by atoms with Crippen molar-refractivity contribution < 1.29 is 23.2 Å². The van der Waals surface area contributed by atoms with Gasteiger partial charge in [0.15, 0.2) is 23.1 Å². The Morgan fingerprint density at radius 2 is 1.62 bits per heavy atom. The number of benzene rings is 2. The minimum Gasteiger partial charge on any atom is -0.295 e. The molecule has 2 aromatic carbocycles. The van der Waals surface area contributed by atoms with E-state index in [1.54, 1.807) is 19.1 Å². The molecule has 0 unspecified atom stereocenters. The molecule has 1 aliphatic heterocycles. The lowest BCUT2D eigenvalue weighted by atomic mass is 10.1. The number of Topliss-reactive ketones (excluding diaryl/α,β-unsaturated/α-hetero) is 1. The van der Waals surface area contributed by atoms with E-state index in [0.29, 0.717) is 22.3 Å². The summed E-state index contributed by atoms with van der Waals surface area (Å²) >= 11 is 0. The second kappa shape index (κ2) is 6.88. The fourth-order valence-electron chi connectivity index (χ4n) is 3.84. The standard InChI is InChI=1S/C23H14F2N4O3/c1-11-19-20-16(10-26-21(19)29(27-11)15-7-8-17(24)18(25)9-15)22(31)28(23(20)32)14-5-3-13(4-6-14)12(2)30/h3-10H,1-2H3. The second-order valence-corrected chi connectivity index (χ2v) is 7.39. The van der Waals surface area contributed by atoms with Gasteiger partial charge >= 0.3 is 0 Å². The number of aryl methyl sites for hydroxylation is 1. The van der Waals surface area contributed by atoms with Gasteiger partial charge in [0.25, 0.3) is 11.8 Å². The highest BCUT2D eigenvalue weighted by Gasteiger charge is 2.40. The minimum absolute atomic E-state index is 0.117. The molecule has 7 nitrogen and oxygen atoms in total. The van der Waals surface area contributed by atoms with Crippen LogP contribution in [0.15, 0.2) is 48.7 Å². The molecule has 1 aliphatic rings. The van der Waals surface area contributed by atoms with Crippen molar-refractivity contribution in [3.8, 4) is 5.69 Å². The largest absolute Gasteiger partial charge is 0.295 e. The fourth-order valence-corrected chi connectivity index (χ4v) is 3.84. The number of hydrogen-bond acceptors (Lipinski definition) is 5. The minimum atomic E-state index is -1.04. The van der Waals surface area contributed by atoms with E-state index in [9.17, 15) is 23.2 Å². The third-order valence-corrected chi connectivity index (χ3v) is 5.40. The number of amides is 2. The Morgan fingerprint density at radius 3 is 2.28 bits per heavy atom. The van der Waals surface area contributed by atoms with E-state index in [0.717, 1.165) is 17.0 Å². The lowest BCUT2D eigenvalue weighted by Crippen LogP contribution is -2.29. The van der Waals surface area contributed by atoms with Crippen LogP contribution in [0.3, 0.4) is 0 Å². The highest BCUT2D eigenvalue weighted by Crippen LogP contribution is 2.34. The van der Waals surface area contributed by atoms with Crippen LogP contribution in [-0.4, -0.2) is 32.4 Å². The highest BCUT2D eigenvalue weighted by molar-refractivity contribution is 6.37. The Hall–Kier alpha value is -4.27. The van der Waals surface area contributed by atoms with Crippen LogP contribution in [0.2, 0.25) is 0 Å². The van der Waals surface area contributed by atoms with Crippen LogP contribution in [0.5, 0.6) is 0 Å². The van der Waals surface area contributed by atoms with Crippen molar-refractivity contribution >= 4 is 34.3 Å². The van der Waals surface area contributed by atoms with Crippen molar-refractivity contribution in [3.63, 3.8) is 0 Å². The summed E-state index contributed by atoms with van der Waals surface area (Å²) in [5.74, 6) is -3.28. The van der Waals surface area contributed by atoms with Crippen LogP contribution in [0, 0.1) is 18.6 Å². The van der Waals surface area contributed by atoms with Crippen LogP contribution < -0.4 is 4.90 Å². The molecule has 4 aromatic rings. The SMILES string of the molecule is CC(=O)c1ccc(N2C(=O)c3cnc4c(c(C)nn4-c4ccc(F)c(F)c4)c3C2=O)cc1. The topological polar surface area (TPSA) is 85.2 Å². The van der Waals surface area contributed by atoms with Crippen LogP contribution >= 0.6 is 0 Å². The average Bonchev–Trinajstić information content (AvgIpc) is 3.24. The highest BCUT2D eigenvalue weighted by atomic mass is 19.2. The number of anilines is 1. The molecule has 2 amide bonds. The first-order chi connectivity index (χ1) is 15.3. The Bertz CT molecular complexity index is 1480. The summed E-state index contributed by atoms with van der Waals surface area (Å²) in [6.07, 6.45) is 1.28. The number of imide groups is 1. The predicted molar refractivity (Wildman–Crippen MR) is 111 cm³/mol. The maximum atomic E-state index is 13.8.